The van der Waals surface area contributed by atoms with E-state index in [1.807, 2.05) is 0 Å². The van der Waals surface area contributed by atoms with Crippen LogP contribution in [0.25, 0.3) is 0 Å². The number of hydrogen-bond acceptors (Lipinski definition) is 4. The van der Waals surface area contributed by atoms with Crippen LogP contribution in [-0.4, -0.2) is 22.1 Å². The molecule has 0 saturated heterocycles. The van der Waals surface area contributed by atoms with Gasteiger partial charge in [-0.3, -0.25) is 0 Å². The molecule has 1 aliphatic rings. The molecule has 1 fully saturated rings. The van der Waals surface area contributed by atoms with Crippen LogP contribution >= 0.6 is 0 Å². The normalized spacial score (nSPS) is 22.4. The fourth-order valence-corrected chi connectivity index (χ4v) is 2.94. The maximum Gasteiger partial charge on any atom is 0.337 e. The highest BCUT2D eigenvalue weighted by molar-refractivity contribution is 5.94. The summed E-state index contributed by atoms with van der Waals surface area (Å²) in [6.07, 6.45) is 8.71. The van der Waals surface area contributed by atoms with Crippen molar-refractivity contribution in [3.63, 3.8) is 0 Å². The zero-order valence-corrected chi connectivity index (χ0v) is 11.9. The van der Waals surface area contributed by atoms with Gasteiger partial charge in [-0.25, -0.2) is 9.78 Å². The molecule has 0 amide bonds. The Bertz CT molecular complexity index is 468. The number of carboxylic acid groups (broad SMARTS) is 1. The van der Waals surface area contributed by atoms with Gasteiger partial charge in [0.2, 0.25) is 0 Å². The number of aromatic nitrogens is 1. The van der Waals surface area contributed by atoms with Gasteiger partial charge in [0.1, 0.15) is 5.82 Å². The Morgan fingerprint density at radius 1 is 1.45 bits per heavy atom. The fraction of sp³-hybridized carbons (Fsp3) is 0.600. The highest BCUT2D eigenvalue weighted by Gasteiger charge is 2.21. The van der Waals surface area contributed by atoms with Crippen LogP contribution in [-0.2, 0) is 0 Å². The first kappa shape index (κ1) is 14.6. The van der Waals surface area contributed by atoms with Crippen LogP contribution in [0.5, 0.6) is 0 Å². The minimum absolute atomic E-state index is 0.113. The second-order valence-electron chi connectivity index (χ2n) is 5.61. The second-order valence-corrected chi connectivity index (χ2v) is 5.61. The van der Waals surface area contributed by atoms with Gasteiger partial charge in [0.05, 0.1) is 17.4 Å². The molecular formula is C15H23N3O2. The van der Waals surface area contributed by atoms with Crippen molar-refractivity contribution in [3.8, 4) is 0 Å². The van der Waals surface area contributed by atoms with Gasteiger partial charge in [-0.05, 0) is 37.7 Å². The van der Waals surface area contributed by atoms with E-state index in [0.29, 0.717) is 11.9 Å². The maximum absolute atomic E-state index is 11.0. The van der Waals surface area contributed by atoms with E-state index in [4.69, 9.17) is 10.8 Å². The quantitative estimate of drug-likeness (QED) is 0.769. The van der Waals surface area contributed by atoms with Crippen molar-refractivity contribution in [1.29, 1.82) is 0 Å². The van der Waals surface area contributed by atoms with Crippen LogP contribution in [0.4, 0.5) is 11.5 Å². The van der Waals surface area contributed by atoms with E-state index in [0.717, 1.165) is 18.8 Å². The van der Waals surface area contributed by atoms with Crippen LogP contribution in [0, 0.1) is 5.92 Å². The third-order valence-electron chi connectivity index (χ3n) is 4.06. The molecule has 1 saturated carbocycles. The first-order valence-corrected chi connectivity index (χ1v) is 7.35. The average Bonchev–Trinajstić information content (AvgIpc) is 2.43. The summed E-state index contributed by atoms with van der Waals surface area (Å²) in [5.41, 5.74) is 5.92. The third kappa shape index (κ3) is 3.62. The molecule has 0 atom stereocenters. The summed E-state index contributed by atoms with van der Waals surface area (Å²) in [4.78, 5) is 15.2. The summed E-state index contributed by atoms with van der Waals surface area (Å²) >= 11 is 0. The summed E-state index contributed by atoms with van der Waals surface area (Å²) in [5.74, 6) is 0.446. The van der Waals surface area contributed by atoms with Gasteiger partial charge < -0.3 is 16.2 Å². The molecule has 0 unspecified atom stereocenters. The Morgan fingerprint density at radius 3 is 2.75 bits per heavy atom. The molecule has 1 heterocycles. The van der Waals surface area contributed by atoms with Crippen LogP contribution in [0.1, 0.15) is 55.8 Å². The van der Waals surface area contributed by atoms with Crippen LogP contribution < -0.4 is 11.1 Å². The van der Waals surface area contributed by atoms with Crippen molar-refractivity contribution in [2.45, 2.75) is 51.5 Å². The predicted octanol–water partition coefficient (Wildman–Crippen LogP) is 3.13. The van der Waals surface area contributed by atoms with Crippen LogP contribution in [0.2, 0.25) is 0 Å². The zero-order valence-electron chi connectivity index (χ0n) is 11.9. The SMILES string of the molecule is CCCC1CCC(Nc2cc(C(=O)O)c(N)cn2)CC1. The molecule has 0 bridgehead atoms. The number of aromatic carboxylic acids is 1. The van der Waals surface area contributed by atoms with Gasteiger partial charge >= 0.3 is 5.97 Å². The monoisotopic (exact) mass is 277 g/mol. The number of nitrogens with one attached hydrogen (secondary N) is 1. The molecule has 2 rings (SSSR count). The molecule has 0 aliphatic heterocycles. The number of hydrogen-bond donors (Lipinski definition) is 3. The highest BCUT2D eigenvalue weighted by atomic mass is 16.4. The molecule has 110 valence electrons. The third-order valence-corrected chi connectivity index (χ3v) is 4.06. The lowest BCUT2D eigenvalue weighted by atomic mass is 9.83. The van der Waals surface area contributed by atoms with Gasteiger partial charge in [-0.2, -0.15) is 0 Å². The molecule has 20 heavy (non-hydrogen) atoms. The number of rotatable bonds is 5. The van der Waals surface area contributed by atoms with E-state index < -0.39 is 5.97 Å². The molecule has 5 heteroatoms. The number of pyridine rings is 1. The molecule has 0 spiro atoms. The molecule has 1 aromatic heterocycles. The molecular weight excluding hydrogens is 254 g/mol. The Kier molecular flexibility index (Phi) is 4.82. The molecule has 5 nitrogen and oxygen atoms in total. The van der Waals surface area contributed by atoms with Gasteiger partial charge in [0, 0.05) is 6.04 Å². The van der Waals surface area contributed by atoms with E-state index in [2.05, 4.69) is 17.2 Å². The summed E-state index contributed by atoms with van der Waals surface area (Å²) < 4.78 is 0. The Balaban J connectivity index is 1.94. The van der Waals surface area contributed by atoms with Crippen molar-refractivity contribution in [1.82, 2.24) is 4.98 Å². The lowest BCUT2D eigenvalue weighted by molar-refractivity contribution is 0.0698. The number of anilines is 2. The number of nitrogen functional groups attached to an aromatic ring is 1. The number of nitrogens with two attached hydrogens (primary N) is 1. The maximum atomic E-state index is 11.0. The van der Waals surface area contributed by atoms with Gasteiger partial charge in [0.25, 0.3) is 0 Å². The fourth-order valence-electron chi connectivity index (χ4n) is 2.94. The predicted molar refractivity (Wildman–Crippen MR) is 79.9 cm³/mol. The number of carbonyl (C=O) groups is 1. The molecule has 1 aromatic rings. The van der Waals surface area contributed by atoms with E-state index >= 15 is 0 Å². The summed E-state index contributed by atoms with van der Waals surface area (Å²) in [6, 6.07) is 1.91. The topological polar surface area (TPSA) is 88.2 Å². The number of nitrogens with zero attached hydrogens (tertiary/aromatic N) is 1. The van der Waals surface area contributed by atoms with Crippen LogP contribution in [0.15, 0.2) is 12.3 Å². The minimum atomic E-state index is -1.01. The summed E-state index contributed by atoms with van der Waals surface area (Å²) in [5, 5.41) is 12.4. The first-order valence-electron chi connectivity index (χ1n) is 7.35. The molecule has 4 N–H and O–H groups in total. The first-order chi connectivity index (χ1) is 9.60. The Hall–Kier alpha value is -1.78. The molecule has 0 radical (unpaired) electrons. The zero-order chi connectivity index (χ0) is 14.5. The van der Waals surface area contributed by atoms with Crippen molar-refractivity contribution in [3.05, 3.63) is 17.8 Å². The van der Waals surface area contributed by atoms with Gasteiger partial charge in [-0.15, -0.1) is 0 Å². The standard InChI is InChI=1S/C15H23N3O2/c1-2-3-10-4-6-11(7-5-10)18-14-8-12(15(19)20)13(16)9-17-14/h8-11H,2-7,16H2,1H3,(H,17,18)(H,19,20). The van der Waals surface area contributed by atoms with E-state index in [-0.39, 0.29) is 11.3 Å². The summed E-state index contributed by atoms with van der Waals surface area (Å²) in [6.45, 7) is 2.23. The van der Waals surface area contributed by atoms with Crippen molar-refractivity contribution >= 4 is 17.5 Å². The van der Waals surface area contributed by atoms with E-state index in [9.17, 15) is 4.79 Å². The molecule has 0 aromatic carbocycles. The van der Waals surface area contributed by atoms with Crippen molar-refractivity contribution in [2.24, 2.45) is 5.92 Å². The van der Waals surface area contributed by atoms with E-state index in [1.54, 1.807) is 0 Å². The highest BCUT2D eigenvalue weighted by Crippen LogP contribution is 2.29. The van der Waals surface area contributed by atoms with Gasteiger partial charge in [-0.1, -0.05) is 19.8 Å². The second kappa shape index (κ2) is 6.59. The van der Waals surface area contributed by atoms with Crippen molar-refractivity contribution in [2.75, 3.05) is 11.1 Å². The van der Waals surface area contributed by atoms with E-state index in [1.165, 1.54) is 37.9 Å². The summed E-state index contributed by atoms with van der Waals surface area (Å²) in [7, 11) is 0. The van der Waals surface area contributed by atoms with Crippen molar-refractivity contribution < 1.29 is 9.90 Å². The van der Waals surface area contributed by atoms with Gasteiger partial charge in [0.15, 0.2) is 0 Å². The van der Waals surface area contributed by atoms with Crippen LogP contribution in [0.3, 0.4) is 0 Å². The minimum Gasteiger partial charge on any atom is -0.478 e. The lowest BCUT2D eigenvalue weighted by Crippen LogP contribution is -2.26. The Morgan fingerprint density at radius 2 is 2.15 bits per heavy atom. The molecule has 1 aliphatic carbocycles. The Labute approximate surface area is 119 Å². The lowest BCUT2D eigenvalue weighted by Gasteiger charge is -2.29. The largest absolute Gasteiger partial charge is 0.478 e. The number of carboxylic acids is 1. The average molecular weight is 277 g/mol. The smallest absolute Gasteiger partial charge is 0.337 e.